The highest BCUT2D eigenvalue weighted by molar-refractivity contribution is 5.05. The molecule has 17 heavy (non-hydrogen) atoms. The molecular formula is C13H23N3O. The molecule has 0 bridgehead atoms. The van der Waals surface area contributed by atoms with Crippen LogP contribution in [-0.2, 0) is 17.7 Å². The lowest BCUT2D eigenvalue weighted by atomic mass is 10.2. The molecule has 1 N–H and O–H groups in total. The summed E-state index contributed by atoms with van der Waals surface area (Å²) in [7, 11) is 1.70. The first-order valence-electron chi connectivity index (χ1n) is 6.15. The fraction of sp³-hybridized carbons (Fsp3) is 0.692. The van der Waals surface area contributed by atoms with Gasteiger partial charge in [0.2, 0.25) is 0 Å². The van der Waals surface area contributed by atoms with E-state index in [1.54, 1.807) is 7.11 Å². The summed E-state index contributed by atoms with van der Waals surface area (Å²) >= 11 is 0. The van der Waals surface area contributed by atoms with E-state index in [0.717, 1.165) is 30.9 Å². The second kappa shape index (κ2) is 7.35. The number of aromatic nitrogens is 2. The topological polar surface area (TPSA) is 47.0 Å². The zero-order valence-electron chi connectivity index (χ0n) is 11.2. The quantitative estimate of drug-likeness (QED) is 0.785. The summed E-state index contributed by atoms with van der Waals surface area (Å²) in [5.41, 5.74) is 1.12. The Balaban J connectivity index is 2.39. The molecule has 0 aliphatic heterocycles. The highest BCUT2D eigenvalue weighted by Gasteiger charge is 2.04. The van der Waals surface area contributed by atoms with Crippen LogP contribution in [0.2, 0.25) is 0 Å². The summed E-state index contributed by atoms with van der Waals surface area (Å²) in [6.45, 7) is 8.25. The van der Waals surface area contributed by atoms with E-state index in [9.17, 15) is 0 Å². The van der Waals surface area contributed by atoms with Gasteiger partial charge in [-0.3, -0.25) is 0 Å². The van der Waals surface area contributed by atoms with Crippen LogP contribution < -0.4 is 5.32 Å². The van der Waals surface area contributed by atoms with Gasteiger partial charge in [-0.1, -0.05) is 13.8 Å². The van der Waals surface area contributed by atoms with Crippen LogP contribution >= 0.6 is 0 Å². The van der Waals surface area contributed by atoms with Gasteiger partial charge in [0.15, 0.2) is 0 Å². The van der Waals surface area contributed by atoms with Gasteiger partial charge in [-0.25, -0.2) is 9.97 Å². The minimum atomic E-state index is 0.167. The van der Waals surface area contributed by atoms with Crippen molar-refractivity contribution >= 4 is 0 Å². The second-order valence-corrected chi connectivity index (χ2v) is 4.78. The Morgan fingerprint density at radius 2 is 1.88 bits per heavy atom. The Morgan fingerprint density at radius 1 is 1.24 bits per heavy atom. The van der Waals surface area contributed by atoms with Gasteiger partial charge < -0.3 is 10.1 Å². The average molecular weight is 237 g/mol. The molecule has 1 aromatic heterocycles. The van der Waals surface area contributed by atoms with Crippen molar-refractivity contribution in [3.63, 3.8) is 0 Å². The van der Waals surface area contributed by atoms with E-state index in [0.29, 0.717) is 5.92 Å². The molecule has 0 saturated carbocycles. The lowest BCUT2D eigenvalue weighted by Gasteiger charge is -2.09. The SMILES string of the molecule is COC(C)Cc1ncc(CNCC(C)C)cn1. The van der Waals surface area contributed by atoms with Gasteiger partial charge in [-0.2, -0.15) is 0 Å². The van der Waals surface area contributed by atoms with Crippen molar-refractivity contribution in [1.29, 1.82) is 0 Å². The number of hydrogen-bond acceptors (Lipinski definition) is 4. The largest absolute Gasteiger partial charge is 0.381 e. The second-order valence-electron chi connectivity index (χ2n) is 4.78. The van der Waals surface area contributed by atoms with Crippen molar-refractivity contribution in [3.05, 3.63) is 23.8 Å². The van der Waals surface area contributed by atoms with Crippen LogP contribution in [0, 0.1) is 5.92 Å². The first kappa shape index (κ1) is 14.1. The van der Waals surface area contributed by atoms with E-state index in [1.807, 2.05) is 19.3 Å². The van der Waals surface area contributed by atoms with Gasteiger partial charge in [0.05, 0.1) is 6.10 Å². The van der Waals surface area contributed by atoms with Crippen LogP contribution in [0.15, 0.2) is 12.4 Å². The number of nitrogens with one attached hydrogen (secondary N) is 1. The molecule has 0 saturated heterocycles. The first-order chi connectivity index (χ1) is 8.11. The lowest BCUT2D eigenvalue weighted by molar-refractivity contribution is 0.117. The number of rotatable bonds is 7. The molecule has 1 aromatic rings. The number of nitrogens with zero attached hydrogens (tertiary/aromatic N) is 2. The van der Waals surface area contributed by atoms with Gasteiger partial charge >= 0.3 is 0 Å². The molecule has 1 atom stereocenters. The van der Waals surface area contributed by atoms with E-state index in [4.69, 9.17) is 4.74 Å². The maximum absolute atomic E-state index is 5.18. The fourth-order valence-electron chi connectivity index (χ4n) is 1.42. The Labute approximate surface area is 104 Å². The summed E-state index contributed by atoms with van der Waals surface area (Å²) in [5.74, 6) is 1.50. The van der Waals surface area contributed by atoms with Crippen LogP contribution in [0.25, 0.3) is 0 Å². The number of hydrogen-bond donors (Lipinski definition) is 1. The summed E-state index contributed by atoms with van der Waals surface area (Å²) in [5, 5.41) is 3.37. The molecule has 1 rings (SSSR count). The third kappa shape index (κ3) is 5.75. The summed E-state index contributed by atoms with van der Waals surface area (Å²) in [4.78, 5) is 8.67. The van der Waals surface area contributed by atoms with Crippen LogP contribution in [0.3, 0.4) is 0 Å². The molecule has 0 radical (unpaired) electrons. The molecule has 0 aliphatic carbocycles. The Hall–Kier alpha value is -1.00. The smallest absolute Gasteiger partial charge is 0.130 e. The molecule has 96 valence electrons. The molecule has 0 aliphatic rings. The zero-order chi connectivity index (χ0) is 12.7. The highest BCUT2D eigenvalue weighted by atomic mass is 16.5. The lowest BCUT2D eigenvalue weighted by Crippen LogP contribution is -2.19. The molecule has 0 spiro atoms. The number of methoxy groups -OCH3 is 1. The van der Waals surface area contributed by atoms with E-state index in [2.05, 4.69) is 29.1 Å². The minimum Gasteiger partial charge on any atom is -0.381 e. The summed E-state index contributed by atoms with van der Waals surface area (Å²) < 4.78 is 5.18. The van der Waals surface area contributed by atoms with Crippen LogP contribution in [0.4, 0.5) is 0 Å². The summed E-state index contributed by atoms with van der Waals surface area (Å²) in [6.07, 6.45) is 4.70. The Morgan fingerprint density at radius 3 is 2.41 bits per heavy atom. The van der Waals surface area contributed by atoms with Crippen molar-refractivity contribution < 1.29 is 4.74 Å². The third-order valence-corrected chi connectivity index (χ3v) is 2.51. The summed E-state index contributed by atoms with van der Waals surface area (Å²) in [6, 6.07) is 0. The van der Waals surface area contributed by atoms with E-state index >= 15 is 0 Å². The van der Waals surface area contributed by atoms with Crippen molar-refractivity contribution in [2.45, 2.75) is 39.8 Å². The highest BCUT2D eigenvalue weighted by Crippen LogP contribution is 2.01. The molecule has 0 fully saturated rings. The normalized spacial score (nSPS) is 13.0. The third-order valence-electron chi connectivity index (χ3n) is 2.51. The van der Waals surface area contributed by atoms with Crippen molar-refractivity contribution in [3.8, 4) is 0 Å². The predicted molar refractivity (Wildman–Crippen MR) is 68.8 cm³/mol. The van der Waals surface area contributed by atoms with Gasteiger partial charge in [0.1, 0.15) is 5.82 Å². The Bertz CT molecular complexity index is 311. The molecular weight excluding hydrogens is 214 g/mol. The standard InChI is InChI=1S/C13H23N3O/c1-10(2)6-14-7-12-8-15-13(16-9-12)5-11(3)17-4/h8-11,14H,5-7H2,1-4H3. The van der Waals surface area contributed by atoms with Gasteiger partial charge in [-0.05, 0) is 19.4 Å². The van der Waals surface area contributed by atoms with Crippen LogP contribution in [-0.4, -0.2) is 29.7 Å². The fourth-order valence-corrected chi connectivity index (χ4v) is 1.42. The molecule has 1 unspecified atom stereocenters. The predicted octanol–water partition coefficient (Wildman–Crippen LogP) is 1.80. The van der Waals surface area contributed by atoms with Crippen molar-refractivity contribution in [1.82, 2.24) is 15.3 Å². The van der Waals surface area contributed by atoms with Crippen molar-refractivity contribution in [2.24, 2.45) is 5.92 Å². The monoisotopic (exact) mass is 237 g/mol. The Kier molecular flexibility index (Phi) is 6.08. The van der Waals surface area contributed by atoms with Crippen LogP contribution in [0.1, 0.15) is 32.2 Å². The van der Waals surface area contributed by atoms with Gasteiger partial charge in [0, 0.05) is 38.0 Å². The van der Waals surface area contributed by atoms with Crippen LogP contribution in [0.5, 0.6) is 0 Å². The van der Waals surface area contributed by atoms with Gasteiger partial charge in [-0.15, -0.1) is 0 Å². The zero-order valence-corrected chi connectivity index (χ0v) is 11.2. The van der Waals surface area contributed by atoms with E-state index in [1.165, 1.54) is 0 Å². The first-order valence-corrected chi connectivity index (χ1v) is 6.15. The molecule has 4 nitrogen and oxygen atoms in total. The van der Waals surface area contributed by atoms with Crippen molar-refractivity contribution in [2.75, 3.05) is 13.7 Å². The van der Waals surface area contributed by atoms with Gasteiger partial charge in [0.25, 0.3) is 0 Å². The molecule has 0 amide bonds. The maximum atomic E-state index is 5.18. The van der Waals surface area contributed by atoms with E-state index in [-0.39, 0.29) is 6.10 Å². The molecule has 1 heterocycles. The number of ether oxygens (including phenoxy) is 1. The molecule has 4 heteroatoms. The minimum absolute atomic E-state index is 0.167. The average Bonchev–Trinajstić information content (AvgIpc) is 2.31. The molecule has 0 aromatic carbocycles. The van der Waals surface area contributed by atoms with E-state index < -0.39 is 0 Å². The maximum Gasteiger partial charge on any atom is 0.130 e.